The van der Waals surface area contributed by atoms with Crippen LogP contribution in [0, 0.1) is 0 Å². The van der Waals surface area contributed by atoms with E-state index < -0.39 is 21.6 Å². The smallest absolute Gasteiger partial charge is 0.311 e. The lowest BCUT2D eigenvalue weighted by molar-refractivity contribution is -0.139. The van der Waals surface area contributed by atoms with Gasteiger partial charge in [0.05, 0.1) is 51.3 Å². The Kier molecular flexibility index (Phi) is 7.09. The van der Waals surface area contributed by atoms with Crippen molar-refractivity contribution < 1.29 is 17.9 Å². The molecule has 3 heterocycles. The number of rotatable bonds is 8. The van der Waals surface area contributed by atoms with Crippen LogP contribution in [-0.4, -0.2) is 47.0 Å². The van der Waals surface area contributed by atoms with Gasteiger partial charge in [-0.3, -0.25) is 24.4 Å². The summed E-state index contributed by atoms with van der Waals surface area (Å²) in [6.07, 6.45) is 1.31. The lowest BCUT2D eigenvalue weighted by atomic mass is 10.1. The van der Waals surface area contributed by atoms with Gasteiger partial charge in [0.15, 0.2) is 0 Å². The molecule has 0 amide bonds. The second-order valence-electron chi connectivity index (χ2n) is 8.33. The number of sulfonamides is 1. The monoisotopic (exact) mass is 562 g/mol. The van der Waals surface area contributed by atoms with Gasteiger partial charge in [-0.25, -0.2) is 18.4 Å². The van der Waals surface area contributed by atoms with Gasteiger partial charge >= 0.3 is 5.97 Å². The molecule has 13 heteroatoms. The van der Waals surface area contributed by atoms with Crippen LogP contribution in [0.3, 0.4) is 0 Å². The van der Waals surface area contributed by atoms with E-state index in [1.807, 2.05) is 24.3 Å². The third kappa shape index (κ3) is 5.49. The van der Waals surface area contributed by atoms with E-state index in [9.17, 15) is 18.0 Å². The van der Waals surface area contributed by atoms with Crippen molar-refractivity contribution in [2.75, 3.05) is 11.8 Å². The number of thiazole rings is 1. The number of hydrogen-bond acceptors (Lipinski definition) is 9. The van der Waals surface area contributed by atoms with Gasteiger partial charge < -0.3 is 4.74 Å². The predicted molar refractivity (Wildman–Crippen MR) is 149 cm³/mol. The molecule has 11 nitrogen and oxygen atoms in total. The number of carbonyl (C=O) groups is 1. The summed E-state index contributed by atoms with van der Waals surface area (Å²) in [5.41, 5.74) is 1.60. The van der Waals surface area contributed by atoms with E-state index in [1.54, 1.807) is 25.1 Å². The van der Waals surface area contributed by atoms with Crippen LogP contribution in [0.5, 0.6) is 0 Å². The quantitative estimate of drug-likeness (QED) is 0.216. The Hall–Kier alpha value is -4.62. The number of esters is 1. The van der Waals surface area contributed by atoms with Gasteiger partial charge in [-0.15, -0.1) is 0 Å². The van der Waals surface area contributed by atoms with Crippen LogP contribution >= 0.6 is 11.3 Å². The Morgan fingerprint density at radius 2 is 1.85 bits per heavy atom. The highest BCUT2D eigenvalue weighted by molar-refractivity contribution is 7.92. The molecule has 0 aliphatic carbocycles. The molecule has 0 unspecified atom stereocenters. The number of fused-ring (bicyclic) bond motifs is 1. The minimum absolute atomic E-state index is 0.0240. The molecule has 5 rings (SSSR count). The number of aliphatic imine (C=N–C) groups is 1. The van der Waals surface area contributed by atoms with E-state index in [2.05, 4.69) is 24.8 Å². The number of aromatic amines is 1. The zero-order valence-electron chi connectivity index (χ0n) is 20.8. The predicted octanol–water partition coefficient (Wildman–Crippen LogP) is 3.83. The molecule has 0 saturated heterocycles. The maximum Gasteiger partial charge on any atom is 0.311 e. The van der Waals surface area contributed by atoms with Crippen molar-refractivity contribution in [3.05, 3.63) is 94.5 Å². The van der Waals surface area contributed by atoms with Gasteiger partial charge in [0.2, 0.25) is 5.13 Å². The zero-order valence-corrected chi connectivity index (χ0v) is 22.4. The molecule has 0 radical (unpaired) electrons. The van der Waals surface area contributed by atoms with E-state index >= 15 is 0 Å². The molecule has 0 saturated carbocycles. The first-order valence-electron chi connectivity index (χ1n) is 11.6. The summed E-state index contributed by atoms with van der Waals surface area (Å²) in [6, 6.07) is 18.3. The number of benzene rings is 2. The number of para-hydroxylation sites is 1. The molecule has 2 aromatic carbocycles. The number of aromatic nitrogens is 4. The van der Waals surface area contributed by atoms with Gasteiger partial charge in [0.1, 0.15) is 5.82 Å². The van der Waals surface area contributed by atoms with Gasteiger partial charge in [0, 0.05) is 6.20 Å². The average Bonchev–Trinajstić information content (AvgIpc) is 3.49. The van der Waals surface area contributed by atoms with Crippen molar-refractivity contribution in [3.63, 3.8) is 0 Å². The number of nitrogens with one attached hydrogen (secondary N) is 2. The minimum atomic E-state index is -3.86. The van der Waals surface area contributed by atoms with E-state index in [0.29, 0.717) is 22.2 Å². The van der Waals surface area contributed by atoms with Gasteiger partial charge in [0.25, 0.3) is 15.6 Å². The maximum atomic E-state index is 13.5. The maximum absolute atomic E-state index is 13.5. The molecular weight excluding hydrogens is 540 g/mol. The lowest BCUT2D eigenvalue weighted by Gasteiger charge is -2.07. The van der Waals surface area contributed by atoms with E-state index in [-0.39, 0.29) is 22.7 Å². The first-order chi connectivity index (χ1) is 18.7. The summed E-state index contributed by atoms with van der Waals surface area (Å²) in [5.74, 6) is -0.331. The molecule has 0 aliphatic heterocycles. The topological polar surface area (TPSA) is 148 Å². The number of anilines is 1. The van der Waals surface area contributed by atoms with E-state index in [0.717, 1.165) is 10.2 Å². The van der Waals surface area contributed by atoms with Crippen LogP contribution in [0.1, 0.15) is 18.2 Å². The Balaban J connectivity index is 1.49. The van der Waals surface area contributed by atoms with Crippen molar-refractivity contribution in [2.45, 2.75) is 18.2 Å². The van der Waals surface area contributed by atoms with Gasteiger partial charge in [-0.05, 0) is 55.5 Å². The van der Waals surface area contributed by atoms with E-state index in [4.69, 9.17) is 4.74 Å². The summed E-state index contributed by atoms with van der Waals surface area (Å²) in [7, 11) is -2.59. The second kappa shape index (κ2) is 10.6. The van der Waals surface area contributed by atoms with Crippen molar-refractivity contribution in [3.8, 4) is 5.13 Å². The fraction of sp³-hybridized carbons (Fsp3) is 0.115. The SMILES string of the molecule is COC(=O)Cc1[nH]n(-c2nc3ccccc3s2)c(=O)c1C(C)=Nc1ccc(S(=O)(=O)Nc2ccccn2)cc1. The van der Waals surface area contributed by atoms with Crippen molar-refractivity contribution in [1.82, 2.24) is 19.7 Å². The highest BCUT2D eigenvalue weighted by atomic mass is 32.2. The van der Waals surface area contributed by atoms with Crippen LogP contribution in [0.4, 0.5) is 11.5 Å². The number of nitrogens with zero attached hydrogens (tertiary/aromatic N) is 4. The Morgan fingerprint density at radius 1 is 1.10 bits per heavy atom. The van der Waals surface area contributed by atoms with Crippen molar-refractivity contribution >= 4 is 54.8 Å². The lowest BCUT2D eigenvalue weighted by Crippen LogP contribution is -2.20. The molecule has 39 heavy (non-hydrogen) atoms. The number of ether oxygens (including phenoxy) is 1. The first-order valence-corrected chi connectivity index (χ1v) is 13.9. The molecule has 0 bridgehead atoms. The summed E-state index contributed by atoms with van der Waals surface area (Å²) in [6.45, 7) is 1.64. The molecule has 0 fully saturated rings. The van der Waals surface area contributed by atoms with Crippen LogP contribution in [-0.2, 0) is 26.0 Å². The summed E-state index contributed by atoms with van der Waals surface area (Å²) in [5, 5.41) is 3.41. The normalized spacial score (nSPS) is 12.0. The van der Waals surface area contributed by atoms with Gasteiger partial charge in [-0.2, -0.15) is 4.68 Å². The molecular formula is C26H22N6O5S2. The number of hydrogen-bond donors (Lipinski definition) is 2. The zero-order chi connectivity index (χ0) is 27.6. The number of pyridine rings is 1. The minimum Gasteiger partial charge on any atom is -0.469 e. The Morgan fingerprint density at radius 3 is 2.54 bits per heavy atom. The van der Waals surface area contributed by atoms with Crippen molar-refractivity contribution in [1.29, 1.82) is 0 Å². The highest BCUT2D eigenvalue weighted by Crippen LogP contribution is 2.25. The van der Waals surface area contributed by atoms with E-state index in [1.165, 1.54) is 53.6 Å². The summed E-state index contributed by atoms with van der Waals surface area (Å²) < 4.78 is 34.8. The largest absolute Gasteiger partial charge is 0.469 e. The molecule has 0 aliphatic rings. The fourth-order valence-electron chi connectivity index (χ4n) is 3.86. The molecule has 5 aromatic rings. The van der Waals surface area contributed by atoms with Crippen LogP contribution in [0.2, 0.25) is 0 Å². The van der Waals surface area contributed by atoms with Crippen LogP contribution in [0.15, 0.2) is 87.6 Å². The third-order valence-electron chi connectivity index (χ3n) is 5.70. The van der Waals surface area contributed by atoms with Crippen molar-refractivity contribution in [2.24, 2.45) is 4.99 Å². The molecule has 198 valence electrons. The number of methoxy groups -OCH3 is 1. The summed E-state index contributed by atoms with van der Waals surface area (Å²) >= 11 is 1.33. The molecule has 3 aromatic heterocycles. The standard InChI is InChI=1S/C26H22N6O5S2/c1-16(28-17-10-12-18(13-11-17)39(35,36)31-22-9-5-6-14-27-22)24-20(15-23(33)37-2)30-32(25(24)34)26-29-19-7-3-4-8-21(19)38-26/h3-14,30H,15H2,1-2H3,(H,27,31). The molecule has 0 atom stereocenters. The van der Waals surface area contributed by atoms with Crippen LogP contribution in [0.25, 0.3) is 15.3 Å². The van der Waals surface area contributed by atoms with Gasteiger partial charge in [-0.1, -0.05) is 29.5 Å². The Labute approximate surface area is 226 Å². The average molecular weight is 563 g/mol. The summed E-state index contributed by atoms with van der Waals surface area (Å²) in [4.78, 5) is 38.7. The van der Waals surface area contributed by atoms with Crippen LogP contribution < -0.4 is 10.3 Å². The number of H-pyrrole nitrogens is 1. The molecule has 2 N–H and O–H groups in total. The first kappa shape index (κ1) is 26.0. The second-order valence-corrected chi connectivity index (χ2v) is 11.0. The molecule has 0 spiro atoms. The fourth-order valence-corrected chi connectivity index (χ4v) is 5.79. The third-order valence-corrected chi connectivity index (χ3v) is 8.09. The number of carbonyl (C=O) groups excluding carboxylic acids is 1. The highest BCUT2D eigenvalue weighted by Gasteiger charge is 2.22. The Bertz CT molecular complexity index is 1820.